The summed E-state index contributed by atoms with van der Waals surface area (Å²) in [6.07, 6.45) is -0.360. The summed E-state index contributed by atoms with van der Waals surface area (Å²) in [5.41, 5.74) is -0.512. The van der Waals surface area contributed by atoms with E-state index in [1.54, 1.807) is 11.8 Å². The Morgan fingerprint density at radius 2 is 1.89 bits per heavy atom. The second-order valence-electron chi connectivity index (χ2n) is 5.72. The monoisotopic (exact) mass is 257 g/mol. The maximum Gasteiger partial charge on any atom is 0.410 e. The van der Waals surface area contributed by atoms with E-state index in [-0.39, 0.29) is 23.9 Å². The summed E-state index contributed by atoms with van der Waals surface area (Å²) in [6, 6.07) is 0. The Morgan fingerprint density at radius 1 is 1.28 bits per heavy atom. The van der Waals surface area contributed by atoms with Crippen LogP contribution in [0, 0.1) is 11.8 Å². The zero-order valence-corrected chi connectivity index (χ0v) is 11.9. The first-order chi connectivity index (χ1) is 8.24. The molecule has 1 aliphatic heterocycles. The molecule has 0 saturated carbocycles. The quantitative estimate of drug-likeness (QED) is 0.710. The van der Waals surface area contributed by atoms with Crippen molar-refractivity contribution in [2.24, 2.45) is 11.8 Å². The van der Waals surface area contributed by atoms with Gasteiger partial charge in [0.05, 0.1) is 12.5 Å². The summed E-state index contributed by atoms with van der Waals surface area (Å²) in [5.74, 6) is -0.356. The van der Waals surface area contributed by atoms with E-state index in [1.165, 1.54) is 0 Å². The van der Waals surface area contributed by atoms with Crippen LogP contribution >= 0.6 is 0 Å². The van der Waals surface area contributed by atoms with Crippen LogP contribution in [-0.4, -0.2) is 42.3 Å². The van der Waals surface area contributed by atoms with Crippen molar-refractivity contribution >= 4 is 12.1 Å². The standard InChI is InChI=1S/C13H23NO4/c1-6-17-11(15)10-8-14(7-9(10)2)12(16)18-13(3,4)5/h9-10H,6-8H2,1-5H3/t9-,10?/m1/s1. The van der Waals surface area contributed by atoms with E-state index in [0.717, 1.165) is 0 Å². The number of carbonyl (C=O) groups is 2. The highest BCUT2D eigenvalue weighted by Gasteiger charge is 2.39. The summed E-state index contributed by atoms with van der Waals surface area (Å²) in [7, 11) is 0. The molecule has 1 unspecified atom stereocenters. The van der Waals surface area contributed by atoms with Crippen LogP contribution in [0.25, 0.3) is 0 Å². The first-order valence-electron chi connectivity index (χ1n) is 6.39. The highest BCUT2D eigenvalue weighted by molar-refractivity contribution is 5.76. The molecule has 0 aromatic rings. The Balaban J connectivity index is 2.58. The number of esters is 1. The molecule has 5 heteroatoms. The zero-order valence-electron chi connectivity index (χ0n) is 11.9. The van der Waals surface area contributed by atoms with Crippen molar-refractivity contribution in [3.05, 3.63) is 0 Å². The first kappa shape index (κ1) is 14.8. The average molecular weight is 257 g/mol. The summed E-state index contributed by atoms with van der Waals surface area (Å²) in [6.45, 7) is 10.5. The van der Waals surface area contributed by atoms with Crippen LogP contribution in [0.3, 0.4) is 0 Å². The zero-order chi connectivity index (χ0) is 13.9. The molecule has 1 rings (SSSR count). The third-order valence-corrected chi connectivity index (χ3v) is 2.85. The fourth-order valence-corrected chi connectivity index (χ4v) is 2.00. The number of rotatable bonds is 2. The molecular formula is C13H23NO4. The molecule has 1 amide bonds. The van der Waals surface area contributed by atoms with Gasteiger partial charge in [0.1, 0.15) is 5.60 Å². The second kappa shape index (κ2) is 5.59. The van der Waals surface area contributed by atoms with Gasteiger partial charge in [-0.05, 0) is 33.6 Å². The number of carbonyl (C=O) groups excluding carboxylic acids is 2. The Kier molecular flexibility index (Phi) is 4.59. The van der Waals surface area contributed by atoms with Crippen molar-refractivity contribution in [2.75, 3.05) is 19.7 Å². The topological polar surface area (TPSA) is 55.8 Å². The van der Waals surface area contributed by atoms with Gasteiger partial charge in [0.25, 0.3) is 0 Å². The van der Waals surface area contributed by atoms with Crippen molar-refractivity contribution in [1.29, 1.82) is 0 Å². The fraction of sp³-hybridized carbons (Fsp3) is 0.846. The number of hydrogen-bond acceptors (Lipinski definition) is 4. The summed E-state index contributed by atoms with van der Waals surface area (Å²) in [5, 5.41) is 0. The third kappa shape index (κ3) is 3.89. The predicted octanol–water partition coefficient (Wildman–Crippen LogP) is 2.05. The molecule has 0 N–H and O–H groups in total. The van der Waals surface area contributed by atoms with Crippen molar-refractivity contribution in [1.82, 2.24) is 4.90 Å². The van der Waals surface area contributed by atoms with Gasteiger partial charge in [-0.1, -0.05) is 6.92 Å². The Labute approximate surface area is 108 Å². The average Bonchev–Trinajstić information content (AvgIpc) is 2.58. The van der Waals surface area contributed by atoms with E-state index in [2.05, 4.69) is 0 Å². The van der Waals surface area contributed by atoms with Gasteiger partial charge < -0.3 is 14.4 Å². The van der Waals surface area contributed by atoms with E-state index in [1.807, 2.05) is 27.7 Å². The number of amides is 1. The molecule has 0 aliphatic carbocycles. The normalized spacial score (nSPS) is 23.9. The van der Waals surface area contributed by atoms with Crippen molar-refractivity contribution in [3.63, 3.8) is 0 Å². The van der Waals surface area contributed by atoms with Crippen LogP contribution in [0.15, 0.2) is 0 Å². The first-order valence-corrected chi connectivity index (χ1v) is 6.39. The molecule has 0 aromatic heterocycles. The van der Waals surface area contributed by atoms with Gasteiger partial charge in [0.15, 0.2) is 0 Å². The maximum atomic E-state index is 11.9. The van der Waals surface area contributed by atoms with E-state index in [4.69, 9.17) is 9.47 Å². The minimum absolute atomic E-state index is 0.108. The molecular weight excluding hydrogens is 234 g/mol. The Hall–Kier alpha value is -1.26. The summed E-state index contributed by atoms with van der Waals surface area (Å²) in [4.78, 5) is 25.2. The Bertz CT molecular complexity index is 321. The molecule has 0 aromatic carbocycles. The molecule has 104 valence electrons. The maximum absolute atomic E-state index is 11.9. The van der Waals surface area contributed by atoms with E-state index < -0.39 is 5.60 Å². The van der Waals surface area contributed by atoms with Gasteiger partial charge in [-0.25, -0.2) is 4.79 Å². The number of ether oxygens (including phenoxy) is 2. The molecule has 2 atom stereocenters. The summed E-state index contributed by atoms with van der Waals surface area (Å²) < 4.78 is 10.3. The van der Waals surface area contributed by atoms with Crippen LogP contribution in [-0.2, 0) is 14.3 Å². The lowest BCUT2D eigenvalue weighted by Crippen LogP contribution is -2.36. The minimum atomic E-state index is -0.512. The van der Waals surface area contributed by atoms with Crippen molar-refractivity contribution in [2.45, 2.75) is 40.2 Å². The van der Waals surface area contributed by atoms with Gasteiger partial charge in [-0.3, -0.25) is 4.79 Å². The van der Waals surface area contributed by atoms with E-state index >= 15 is 0 Å². The lowest BCUT2D eigenvalue weighted by molar-refractivity contribution is -0.148. The van der Waals surface area contributed by atoms with Gasteiger partial charge >= 0.3 is 12.1 Å². The second-order valence-corrected chi connectivity index (χ2v) is 5.72. The Morgan fingerprint density at radius 3 is 2.39 bits per heavy atom. The smallest absolute Gasteiger partial charge is 0.410 e. The van der Waals surface area contributed by atoms with E-state index in [0.29, 0.717) is 19.7 Å². The minimum Gasteiger partial charge on any atom is -0.466 e. The molecule has 1 aliphatic rings. The number of hydrogen-bond donors (Lipinski definition) is 0. The lowest BCUT2D eigenvalue weighted by Gasteiger charge is -2.24. The highest BCUT2D eigenvalue weighted by atomic mass is 16.6. The number of likely N-dealkylation sites (tertiary alicyclic amines) is 1. The van der Waals surface area contributed by atoms with Gasteiger partial charge in [0.2, 0.25) is 0 Å². The molecule has 5 nitrogen and oxygen atoms in total. The van der Waals surface area contributed by atoms with Crippen LogP contribution < -0.4 is 0 Å². The van der Waals surface area contributed by atoms with Crippen LogP contribution in [0.2, 0.25) is 0 Å². The van der Waals surface area contributed by atoms with Crippen molar-refractivity contribution < 1.29 is 19.1 Å². The van der Waals surface area contributed by atoms with Crippen LogP contribution in [0.5, 0.6) is 0 Å². The lowest BCUT2D eigenvalue weighted by atomic mass is 9.99. The number of nitrogens with zero attached hydrogens (tertiary/aromatic N) is 1. The molecule has 1 saturated heterocycles. The van der Waals surface area contributed by atoms with Crippen molar-refractivity contribution in [3.8, 4) is 0 Å². The van der Waals surface area contributed by atoms with Crippen LogP contribution in [0.4, 0.5) is 4.79 Å². The predicted molar refractivity (Wildman–Crippen MR) is 67.1 cm³/mol. The largest absolute Gasteiger partial charge is 0.466 e. The van der Waals surface area contributed by atoms with Gasteiger partial charge in [-0.2, -0.15) is 0 Å². The molecule has 0 bridgehead atoms. The van der Waals surface area contributed by atoms with Crippen LogP contribution in [0.1, 0.15) is 34.6 Å². The summed E-state index contributed by atoms with van der Waals surface area (Å²) >= 11 is 0. The molecule has 18 heavy (non-hydrogen) atoms. The molecule has 0 radical (unpaired) electrons. The molecule has 1 heterocycles. The molecule has 0 spiro atoms. The fourth-order valence-electron chi connectivity index (χ4n) is 2.00. The SMILES string of the molecule is CCOC(=O)C1CN(C(=O)OC(C)(C)C)C[C@H]1C. The highest BCUT2D eigenvalue weighted by Crippen LogP contribution is 2.25. The van der Waals surface area contributed by atoms with E-state index in [9.17, 15) is 9.59 Å². The van der Waals surface area contributed by atoms with Gasteiger partial charge in [0, 0.05) is 13.1 Å². The third-order valence-electron chi connectivity index (χ3n) is 2.85. The molecule has 1 fully saturated rings. The van der Waals surface area contributed by atoms with Gasteiger partial charge in [-0.15, -0.1) is 0 Å².